The number of phenolic OH excluding ortho intramolecular Hbond substituents is 1. The van der Waals surface area contributed by atoms with E-state index in [1.807, 2.05) is 18.2 Å². The molecule has 1 N–H and O–H groups in total. The lowest BCUT2D eigenvalue weighted by molar-refractivity contribution is 0.0714. The zero-order valence-corrected chi connectivity index (χ0v) is 19.7. The predicted octanol–water partition coefficient (Wildman–Crippen LogP) is 5.67. The quantitative estimate of drug-likeness (QED) is 0.371. The Kier molecular flexibility index (Phi) is 5.38. The van der Waals surface area contributed by atoms with Gasteiger partial charge in [-0.05, 0) is 47.5 Å². The van der Waals surface area contributed by atoms with Crippen LogP contribution in [0.2, 0.25) is 5.02 Å². The van der Waals surface area contributed by atoms with E-state index in [0.717, 1.165) is 10.0 Å². The average Bonchev–Trinajstić information content (AvgIpc) is 3.08. The number of hydrogen-bond donors (Lipinski definition) is 1. The van der Waals surface area contributed by atoms with Crippen molar-refractivity contribution in [3.8, 4) is 11.5 Å². The second-order valence-corrected chi connectivity index (χ2v) is 9.00. The van der Waals surface area contributed by atoms with Crippen molar-refractivity contribution in [1.82, 2.24) is 4.90 Å². The second kappa shape index (κ2) is 8.24. The minimum atomic E-state index is -0.752. The van der Waals surface area contributed by atoms with Crippen LogP contribution in [0.25, 0.3) is 11.0 Å². The number of carbonyl (C=O) groups excluding carboxylic acids is 1. The first-order valence-corrected chi connectivity index (χ1v) is 11.2. The van der Waals surface area contributed by atoms with Gasteiger partial charge in [0.2, 0.25) is 5.76 Å². The fraction of sp³-hybridized carbons (Fsp3) is 0.120. The molecular formula is C25H17BrClNO5. The molecule has 8 heteroatoms. The van der Waals surface area contributed by atoms with E-state index < -0.39 is 11.9 Å². The molecule has 1 aliphatic rings. The minimum Gasteiger partial charge on any atom is -0.504 e. The third-order valence-corrected chi connectivity index (χ3v) is 6.61. The van der Waals surface area contributed by atoms with Crippen molar-refractivity contribution in [3.63, 3.8) is 0 Å². The van der Waals surface area contributed by atoms with Crippen molar-refractivity contribution >= 4 is 44.4 Å². The maximum atomic E-state index is 13.6. The Morgan fingerprint density at radius 1 is 1.12 bits per heavy atom. The number of hydrogen-bond acceptors (Lipinski definition) is 5. The van der Waals surface area contributed by atoms with Gasteiger partial charge in [0.15, 0.2) is 16.9 Å². The summed E-state index contributed by atoms with van der Waals surface area (Å²) in [4.78, 5) is 28.7. The molecule has 166 valence electrons. The minimum absolute atomic E-state index is 0.00100. The number of aromatic hydroxyl groups is 1. The molecule has 0 saturated heterocycles. The molecule has 1 amide bonds. The molecule has 1 atom stereocenters. The number of carbonyl (C=O) groups is 1. The number of rotatable bonds is 4. The highest BCUT2D eigenvalue weighted by Gasteiger charge is 2.43. The number of phenols is 1. The van der Waals surface area contributed by atoms with Crippen LogP contribution in [0.1, 0.15) is 33.3 Å². The van der Waals surface area contributed by atoms with Crippen LogP contribution in [0.3, 0.4) is 0 Å². The monoisotopic (exact) mass is 525 g/mol. The van der Waals surface area contributed by atoms with Crippen molar-refractivity contribution in [1.29, 1.82) is 0 Å². The molecule has 0 saturated carbocycles. The standard InChI is InChI=1S/C25H17BrClNO5/c1-32-20-10-13(6-8-18(20)29)22-21-23(30)16-11-15(26)7-9-19(16)33-24(21)25(31)28(22)12-14-4-2-3-5-17(14)27/h2-11,22,29H,12H2,1H3/t22-/m0/s1. The van der Waals surface area contributed by atoms with Gasteiger partial charge in [-0.25, -0.2) is 0 Å². The molecule has 3 aromatic carbocycles. The van der Waals surface area contributed by atoms with Gasteiger partial charge in [0.1, 0.15) is 5.58 Å². The normalized spacial score (nSPS) is 15.2. The molecular weight excluding hydrogens is 510 g/mol. The first kappa shape index (κ1) is 21.6. The van der Waals surface area contributed by atoms with Crippen LogP contribution in [-0.4, -0.2) is 23.0 Å². The lowest BCUT2D eigenvalue weighted by atomic mass is 9.97. The molecule has 0 radical (unpaired) electrons. The van der Waals surface area contributed by atoms with Crippen LogP contribution in [0.15, 0.2) is 74.3 Å². The van der Waals surface area contributed by atoms with E-state index in [4.69, 9.17) is 20.8 Å². The molecule has 0 fully saturated rings. The van der Waals surface area contributed by atoms with Crippen molar-refractivity contribution < 1.29 is 19.1 Å². The molecule has 1 aromatic heterocycles. The summed E-state index contributed by atoms with van der Waals surface area (Å²) in [6.07, 6.45) is 0. The van der Waals surface area contributed by atoms with Gasteiger partial charge >= 0.3 is 0 Å². The van der Waals surface area contributed by atoms with Crippen LogP contribution in [-0.2, 0) is 6.54 Å². The number of fused-ring (bicyclic) bond motifs is 2. The Morgan fingerprint density at radius 2 is 1.91 bits per heavy atom. The Balaban J connectivity index is 1.76. The highest BCUT2D eigenvalue weighted by molar-refractivity contribution is 9.10. The molecule has 0 spiro atoms. The van der Waals surface area contributed by atoms with E-state index in [1.165, 1.54) is 13.2 Å². The zero-order chi connectivity index (χ0) is 23.3. The van der Waals surface area contributed by atoms with Crippen molar-refractivity contribution in [3.05, 3.63) is 103 Å². The summed E-state index contributed by atoms with van der Waals surface area (Å²) < 4.78 is 11.9. The second-order valence-electron chi connectivity index (χ2n) is 7.67. The van der Waals surface area contributed by atoms with E-state index >= 15 is 0 Å². The highest BCUT2D eigenvalue weighted by atomic mass is 79.9. The number of amides is 1. The number of nitrogens with zero attached hydrogens (tertiary/aromatic N) is 1. The van der Waals surface area contributed by atoms with E-state index in [9.17, 15) is 14.7 Å². The van der Waals surface area contributed by atoms with Gasteiger partial charge in [0.25, 0.3) is 5.91 Å². The smallest absolute Gasteiger partial charge is 0.291 e. The number of methoxy groups -OCH3 is 1. The molecule has 0 aliphatic carbocycles. The van der Waals surface area contributed by atoms with Crippen molar-refractivity contribution in [2.24, 2.45) is 0 Å². The van der Waals surface area contributed by atoms with Crippen molar-refractivity contribution in [2.75, 3.05) is 7.11 Å². The molecule has 0 unspecified atom stereocenters. The van der Waals surface area contributed by atoms with Gasteiger partial charge in [0.05, 0.1) is 24.1 Å². The average molecular weight is 527 g/mol. The largest absolute Gasteiger partial charge is 0.504 e. The summed E-state index contributed by atoms with van der Waals surface area (Å²) >= 11 is 9.77. The third-order valence-electron chi connectivity index (χ3n) is 5.75. The first-order valence-electron chi connectivity index (χ1n) is 10.1. The van der Waals surface area contributed by atoms with Crippen LogP contribution in [0, 0.1) is 0 Å². The van der Waals surface area contributed by atoms with Gasteiger partial charge in [-0.1, -0.05) is 51.8 Å². The van der Waals surface area contributed by atoms with Gasteiger partial charge in [-0.2, -0.15) is 0 Å². The molecule has 2 heterocycles. The fourth-order valence-corrected chi connectivity index (χ4v) is 4.73. The van der Waals surface area contributed by atoms with Crippen LogP contribution in [0.5, 0.6) is 11.5 Å². The predicted molar refractivity (Wildman–Crippen MR) is 128 cm³/mol. The SMILES string of the molecule is COc1cc([C@H]2c3c(oc4ccc(Br)cc4c3=O)C(=O)N2Cc2ccccc2Cl)ccc1O. The van der Waals surface area contributed by atoms with Crippen molar-refractivity contribution in [2.45, 2.75) is 12.6 Å². The molecule has 0 bridgehead atoms. The van der Waals surface area contributed by atoms with Crippen LogP contribution < -0.4 is 10.2 Å². The zero-order valence-electron chi connectivity index (χ0n) is 17.3. The van der Waals surface area contributed by atoms with Crippen LogP contribution >= 0.6 is 27.5 Å². The van der Waals surface area contributed by atoms with Gasteiger partial charge in [-0.3, -0.25) is 9.59 Å². The van der Waals surface area contributed by atoms with Crippen LogP contribution in [0.4, 0.5) is 0 Å². The lowest BCUT2D eigenvalue weighted by Crippen LogP contribution is -2.29. The molecule has 1 aliphatic heterocycles. The summed E-state index contributed by atoms with van der Waals surface area (Å²) in [6.45, 7) is 0.163. The Labute approximate surface area is 202 Å². The van der Waals surface area contributed by atoms with E-state index in [2.05, 4.69) is 15.9 Å². The lowest BCUT2D eigenvalue weighted by Gasteiger charge is -2.26. The van der Waals surface area contributed by atoms with Gasteiger partial charge < -0.3 is 19.2 Å². The summed E-state index contributed by atoms with van der Waals surface area (Å²) in [5.41, 5.74) is 1.61. The van der Waals surface area contributed by atoms with E-state index in [-0.39, 0.29) is 34.8 Å². The van der Waals surface area contributed by atoms with E-state index in [1.54, 1.807) is 41.3 Å². The summed E-state index contributed by atoms with van der Waals surface area (Å²) in [5.74, 6) is -0.222. The topological polar surface area (TPSA) is 80.0 Å². The molecule has 4 aromatic rings. The third kappa shape index (κ3) is 3.57. The van der Waals surface area contributed by atoms with E-state index in [0.29, 0.717) is 21.6 Å². The number of benzene rings is 3. The summed E-state index contributed by atoms with van der Waals surface area (Å²) in [6, 6.07) is 16.3. The molecule has 33 heavy (non-hydrogen) atoms. The summed E-state index contributed by atoms with van der Waals surface area (Å²) in [5, 5.41) is 11.0. The Hall–Kier alpha value is -3.29. The summed E-state index contributed by atoms with van der Waals surface area (Å²) in [7, 11) is 1.44. The maximum Gasteiger partial charge on any atom is 0.291 e. The first-order chi connectivity index (χ1) is 15.9. The fourth-order valence-electron chi connectivity index (χ4n) is 4.18. The number of halogens is 2. The highest BCUT2D eigenvalue weighted by Crippen LogP contribution is 2.42. The maximum absolute atomic E-state index is 13.6. The molecule has 5 rings (SSSR count). The Bertz CT molecular complexity index is 1480. The van der Waals surface area contributed by atoms with Gasteiger partial charge in [0, 0.05) is 16.0 Å². The number of ether oxygens (including phenoxy) is 1. The molecule has 6 nitrogen and oxygen atoms in total. The Morgan fingerprint density at radius 3 is 2.67 bits per heavy atom. The van der Waals surface area contributed by atoms with Gasteiger partial charge in [-0.15, -0.1) is 0 Å².